The van der Waals surface area contributed by atoms with E-state index in [1.165, 1.54) is 12.3 Å². The second-order valence-corrected chi connectivity index (χ2v) is 5.13. The Morgan fingerprint density at radius 1 is 1.24 bits per heavy atom. The van der Waals surface area contributed by atoms with Crippen molar-refractivity contribution in [3.05, 3.63) is 35.6 Å². The van der Waals surface area contributed by atoms with Crippen LogP contribution in [0.4, 0.5) is 8.78 Å². The normalized spacial score (nSPS) is 12.3. The zero-order valence-electron chi connectivity index (χ0n) is 10.1. The maximum Gasteiger partial charge on any atom is 0.140 e. The lowest BCUT2D eigenvalue weighted by Crippen LogP contribution is -2.35. The van der Waals surface area contributed by atoms with E-state index < -0.39 is 11.6 Å². The molecule has 1 N–H and O–H groups in total. The Morgan fingerprint density at radius 2 is 1.94 bits per heavy atom. The van der Waals surface area contributed by atoms with Gasteiger partial charge in [0.05, 0.1) is 11.6 Å². The number of fused-ring (bicyclic) bond motifs is 1. The molecule has 0 amide bonds. The van der Waals surface area contributed by atoms with Gasteiger partial charge in [0.1, 0.15) is 17.2 Å². The molecule has 0 unspecified atom stereocenters. The Kier molecular flexibility index (Phi) is 2.91. The quantitative estimate of drug-likeness (QED) is 0.866. The molecule has 0 bridgehead atoms. The molecule has 2 rings (SSSR count). The smallest absolute Gasteiger partial charge is 0.140 e. The van der Waals surface area contributed by atoms with Crippen LogP contribution in [-0.2, 0) is 6.54 Å². The van der Waals surface area contributed by atoms with Gasteiger partial charge in [0.15, 0.2) is 0 Å². The van der Waals surface area contributed by atoms with Crippen molar-refractivity contribution in [3.8, 4) is 0 Å². The molecule has 0 fully saturated rings. The van der Waals surface area contributed by atoms with E-state index in [2.05, 4.69) is 5.32 Å². The van der Waals surface area contributed by atoms with Crippen LogP contribution in [0.2, 0.25) is 0 Å². The Hall–Kier alpha value is -1.42. The highest BCUT2D eigenvalue weighted by atomic mass is 19.1. The number of hydrogen-bond acceptors (Lipinski definition) is 2. The predicted octanol–water partition coefficient (Wildman–Crippen LogP) is 3.60. The largest absolute Gasteiger partial charge is 0.464 e. The van der Waals surface area contributed by atoms with Crippen molar-refractivity contribution in [2.45, 2.75) is 32.9 Å². The lowest BCUT2D eigenvalue weighted by molar-refractivity contribution is 0.423. The average Bonchev–Trinajstić information content (AvgIpc) is 2.56. The number of halogens is 2. The fourth-order valence-corrected chi connectivity index (χ4v) is 1.64. The molecule has 2 aromatic rings. The Balaban J connectivity index is 2.36. The predicted molar refractivity (Wildman–Crippen MR) is 62.7 cm³/mol. The van der Waals surface area contributed by atoms with Crippen LogP contribution in [0.5, 0.6) is 0 Å². The SMILES string of the molecule is CC(C)(C)NCc1coc2cc(F)cc(F)c12. The molecule has 1 aromatic carbocycles. The number of nitrogens with one attached hydrogen (secondary N) is 1. The summed E-state index contributed by atoms with van der Waals surface area (Å²) in [5, 5.41) is 3.59. The van der Waals surface area contributed by atoms with Gasteiger partial charge in [-0.25, -0.2) is 8.78 Å². The first kappa shape index (κ1) is 12.0. The minimum absolute atomic E-state index is 0.0693. The molecule has 1 aromatic heterocycles. The fraction of sp³-hybridized carbons (Fsp3) is 0.385. The summed E-state index contributed by atoms with van der Waals surface area (Å²) < 4.78 is 31.8. The third kappa shape index (κ3) is 2.64. The van der Waals surface area contributed by atoms with Crippen LogP contribution in [-0.4, -0.2) is 5.54 Å². The summed E-state index contributed by atoms with van der Waals surface area (Å²) in [7, 11) is 0. The van der Waals surface area contributed by atoms with Crippen molar-refractivity contribution < 1.29 is 13.2 Å². The fourth-order valence-electron chi connectivity index (χ4n) is 1.64. The standard InChI is InChI=1S/C13H15F2NO/c1-13(2,3)16-6-8-7-17-11-5-9(14)4-10(15)12(8)11/h4-5,7,16H,6H2,1-3H3. The summed E-state index contributed by atoms with van der Waals surface area (Å²) in [6.45, 7) is 6.54. The van der Waals surface area contributed by atoms with Gasteiger partial charge in [0.2, 0.25) is 0 Å². The summed E-state index contributed by atoms with van der Waals surface area (Å²) in [5.74, 6) is -1.21. The molecule has 0 radical (unpaired) electrons. The van der Waals surface area contributed by atoms with E-state index in [1.807, 2.05) is 20.8 Å². The monoisotopic (exact) mass is 239 g/mol. The molecule has 0 aliphatic heterocycles. The zero-order chi connectivity index (χ0) is 12.6. The van der Waals surface area contributed by atoms with Crippen LogP contribution in [0.15, 0.2) is 22.8 Å². The van der Waals surface area contributed by atoms with Crippen molar-refractivity contribution in [2.24, 2.45) is 0 Å². The van der Waals surface area contributed by atoms with Gasteiger partial charge in [-0.1, -0.05) is 0 Å². The summed E-state index contributed by atoms with van der Waals surface area (Å²) in [5.41, 5.74) is 0.876. The van der Waals surface area contributed by atoms with Crippen molar-refractivity contribution in [1.29, 1.82) is 0 Å². The Morgan fingerprint density at radius 3 is 2.59 bits per heavy atom. The van der Waals surface area contributed by atoms with Crippen LogP contribution in [0.25, 0.3) is 11.0 Å². The summed E-state index contributed by atoms with van der Waals surface area (Å²) in [4.78, 5) is 0. The zero-order valence-corrected chi connectivity index (χ0v) is 10.1. The second kappa shape index (κ2) is 4.11. The summed E-state index contributed by atoms with van der Waals surface area (Å²) in [6.07, 6.45) is 1.46. The molecule has 0 aliphatic rings. The molecular weight excluding hydrogens is 224 g/mol. The molecule has 0 spiro atoms. The Labute approximate surface area is 98.6 Å². The minimum atomic E-state index is -0.625. The molecule has 92 valence electrons. The van der Waals surface area contributed by atoms with E-state index in [0.717, 1.165) is 6.07 Å². The first-order valence-electron chi connectivity index (χ1n) is 5.47. The van der Waals surface area contributed by atoms with Gasteiger partial charge in [-0.05, 0) is 20.8 Å². The molecule has 0 saturated carbocycles. The highest BCUT2D eigenvalue weighted by molar-refractivity contribution is 5.81. The van der Waals surface area contributed by atoms with Gasteiger partial charge >= 0.3 is 0 Å². The molecule has 4 heteroatoms. The number of benzene rings is 1. The van der Waals surface area contributed by atoms with Gasteiger partial charge in [-0.3, -0.25) is 0 Å². The third-order valence-corrected chi connectivity index (χ3v) is 2.48. The van der Waals surface area contributed by atoms with Crippen LogP contribution >= 0.6 is 0 Å². The van der Waals surface area contributed by atoms with E-state index in [9.17, 15) is 8.78 Å². The second-order valence-electron chi connectivity index (χ2n) is 5.13. The van der Waals surface area contributed by atoms with Crippen molar-refractivity contribution in [2.75, 3.05) is 0 Å². The van der Waals surface area contributed by atoms with Gasteiger partial charge in [0, 0.05) is 29.8 Å². The molecule has 0 atom stereocenters. The topological polar surface area (TPSA) is 25.2 Å². The molecular formula is C13H15F2NO. The minimum Gasteiger partial charge on any atom is -0.464 e. The number of hydrogen-bond donors (Lipinski definition) is 1. The van der Waals surface area contributed by atoms with E-state index >= 15 is 0 Å². The van der Waals surface area contributed by atoms with Gasteiger partial charge < -0.3 is 9.73 Å². The lowest BCUT2D eigenvalue weighted by atomic mass is 10.1. The molecule has 17 heavy (non-hydrogen) atoms. The van der Waals surface area contributed by atoms with Crippen molar-refractivity contribution in [3.63, 3.8) is 0 Å². The first-order chi connectivity index (χ1) is 7.87. The van der Waals surface area contributed by atoms with Gasteiger partial charge in [0.25, 0.3) is 0 Å². The number of furan rings is 1. The van der Waals surface area contributed by atoms with E-state index in [1.54, 1.807) is 0 Å². The maximum absolute atomic E-state index is 13.6. The summed E-state index contributed by atoms with van der Waals surface area (Å²) in [6, 6.07) is 2.07. The van der Waals surface area contributed by atoms with E-state index in [0.29, 0.717) is 17.5 Å². The highest BCUT2D eigenvalue weighted by Gasteiger charge is 2.15. The summed E-state index contributed by atoms with van der Waals surface area (Å²) >= 11 is 0. The Bertz CT molecular complexity index is 540. The molecule has 2 nitrogen and oxygen atoms in total. The van der Waals surface area contributed by atoms with Crippen molar-refractivity contribution >= 4 is 11.0 Å². The maximum atomic E-state index is 13.6. The number of rotatable bonds is 2. The average molecular weight is 239 g/mol. The lowest BCUT2D eigenvalue weighted by Gasteiger charge is -2.19. The molecule has 1 heterocycles. The van der Waals surface area contributed by atoms with Gasteiger partial charge in [-0.2, -0.15) is 0 Å². The highest BCUT2D eigenvalue weighted by Crippen LogP contribution is 2.25. The van der Waals surface area contributed by atoms with Crippen LogP contribution in [0.1, 0.15) is 26.3 Å². The van der Waals surface area contributed by atoms with Crippen LogP contribution < -0.4 is 5.32 Å². The van der Waals surface area contributed by atoms with E-state index in [-0.39, 0.29) is 11.1 Å². The molecule has 0 saturated heterocycles. The van der Waals surface area contributed by atoms with E-state index in [4.69, 9.17) is 4.42 Å². The van der Waals surface area contributed by atoms with Gasteiger partial charge in [-0.15, -0.1) is 0 Å². The molecule has 0 aliphatic carbocycles. The van der Waals surface area contributed by atoms with Crippen LogP contribution in [0, 0.1) is 11.6 Å². The van der Waals surface area contributed by atoms with Crippen LogP contribution in [0.3, 0.4) is 0 Å². The third-order valence-electron chi connectivity index (χ3n) is 2.48. The first-order valence-corrected chi connectivity index (χ1v) is 5.47. The van der Waals surface area contributed by atoms with Crippen molar-refractivity contribution in [1.82, 2.24) is 5.32 Å².